The highest BCUT2D eigenvalue weighted by atomic mass is 14.4. The van der Waals surface area contributed by atoms with E-state index in [4.69, 9.17) is 15.8 Å². The number of nitriles is 3. The molecule has 0 unspecified atom stereocenters. The number of hydrogen-bond acceptors (Lipinski definition) is 3. The first-order valence-corrected chi connectivity index (χ1v) is 4.98. The summed E-state index contributed by atoms with van der Waals surface area (Å²) in [4.78, 5) is 0. The minimum Gasteiger partial charge on any atom is -0.195 e. The summed E-state index contributed by atoms with van der Waals surface area (Å²) in [7, 11) is 0. The van der Waals surface area contributed by atoms with Crippen molar-refractivity contribution in [1.29, 1.82) is 15.8 Å². The first-order valence-electron chi connectivity index (χ1n) is 4.98. The quantitative estimate of drug-likeness (QED) is 0.603. The number of rotatable bonds is 6. The van der Waals surface area contributed by atoms with Crippen LogP contribution < -0.4 is 0 Å². The zero-order chi connectivity index (χ0) is 10.9. The van der Waals surface area contributed by atoms with Gasteiger partial charge in [-0.3, -0.25) is 0 Å². The Morgan fingerprint density at radius 3 is 1.79 bits per heavy atom. The highest BCUT2D eigenvalue weighted by Crippen LogP contribution is 2.22. The summed E-state index contributed by atoms with van der Waals surface area (Å²) >= 11 is 0. The lowest BCUT2D eigenvalue weighted by Gasteiger charge is -2.07. The van der Waals surface area contributed by atoms with E-state index in [9.17, 15) is 0 Å². The molecule has 0 aromatic carbocycles. The lowest BCUT2D eigenvalue weighted by molar-refractivity contribution is 0.528. The van der Waals surface area contributed by atoms with Crippen molar-refractivity contribution in [3.63, 3.8) is 0 Å². The van der Waals surface area contributed by atoms with Gasteiger partial charge in [0.2, 0.25) is 5.41 Å². The molecule has 0 aromatic rings. The summed E-state index contributed by atoms with van der Waals surface area (Å²) < 4.78 is 0. The highest BCUT2D eigenvalue weighted by Gasteiger charge is 2.28. The van der Waals surface area contributed by atoms with Gasteiger partial charge in [-0.25, -0.2) is 0 Å². The van der Waals surface area contributed by atoms with Crippen LogP contribution in [0.4, 0.5) is 0 Å². The topological polar surface area (TPSA) is 71.4 Å². The fourth-order valence-electron chi connectivity index (χ4n) is 1.24. The Labute approximate surface area is 85.6 Å². The molecule has 0 radical (unpaired) electrons. The van der Waals surface area contributed by atoms with E-state index in [1.165, 1.54) is 12.8 Å². The van der Waals surface area contributed by atoms with Crippen LogP contribution in [0.15, 0.2) is 0 Å². The third-order valence-electron chi connectivity index (χ3n) is 2.23. The van der Waals surface area contributed by atoms with Crippen LogP contribution in [0.5, 0.6) is 0 Å². The molecule has 3 heteroatoms. The smallest absolute Gasteiger partial charge is 0.195 e. The Hall–Kier alpha value is -1.53. The molecular formula is C11H15N3. The van der Waals surface area contributed by atoms with E-state index in [1.54, 1.807) is 18.2 Å². The van der Waals surface area contributed by atoms with Crippen LogP contribution in [0.2, 0.25) is 0 Å². The molecule has 0 atom stereocenters. The summed E-state index contributed by atoms with van der Waals surface area (Å²) in [6.07, 6.45) is 5.63. The fraction of sp³-hybridized carbons (Fsp3) is 0.727. The van der Waals surface area contributed by atoms with Gasteiger partial charge >= 0.3 is 0 Å². The monoisotopic (exact) mass is 189 g/mol. The zero-order valence-electron chi connectivity index (χ0n) is 8.58. The van der Waals surface area contributed by atoms with Crippen LogP contribution in [0.3, 0.4) is 0 Å². The summed E-state index contributed by atoms with van der Waals surface area (Å²) in [5.74, 6) is 0. The van der Waals surface area contributed by atoms with Crippen molar-refractivity contribution in [2.45, 2.75) is 45.4 Å². The third-order valence-corrected chi connectivity index (χ3v) is 2.23. The van der Waals surface area contributed by atoms with Crippen LogP contribution in [0.1, 0.15) is 45.4 Å². The molecule has 0 heterocycles. The van der Waals surface area contributed by atoms with Crippen molar-refractivity contribution in [3.05, 3.63) is 0 Å². The molecule has 0 bridgehead atoms. The van der Waals surface area contributed by atoms with E-state index in [1.807, 2.05) is 0 Å². The molecule has 0 saturated heterocycles. The Kier molecular flexibility index (Phi) is 6.17. The van der Waals surface area contributed by atoms with Crippen LogP contribution >= 0.6 is 0 Å². The van der Waals surface area contributed by atoms with Gasteiger partial charge in [0.15, 0.2) is 0 Å². The van der Waals surface area contributed by atoms with Crippen molar-refractivity contribution < 1.29 is 0 Å². The second-order valence-corrected chi connectivity index (χ2v) is 3.40. The summed E-state index contributed by atoms with van der Waals surface area (Å²) in [6, 6.07) is 5.35. The summed E-state index contributed by atoms with van der Waals surface area (Å²) in [5.41, 5.74) is -1.41. The SMILES string of the molecule is CCCCCCCC(C#N)(C#N)C#N. The standard InChI is InChI=1S/C11H15N3/c1-2-3-4-5-6-7-11(8-12,9-13)10-14/h2-7H2,1H3. The number of unbranched alkanes of at least 4 members (excludes halogenated alkanes) is 4. The molecule has 14 heavy (non-hydrogen) atoms. The second kappa shape index (κ2) is 6.93. The molecule has 0 amide bonds. The van der Waals surface area contributed by atoms with E-state index in [0.29, 0.717) is 6.42 Å². The van der Waals surface area contributed by atoms with Gasteiger partial charge < -0.3 is 0 Å². The number of hydrogen-bond donors (Lipinski definition) is 0. The predicted molar refractivity (Wildman–Crippen MR) is 52.6 cm³/mol. The lowest BCUT2D eigenvalue weighted by atomic mass is 9.87. The second-order valence-electron chi connectivity index (χ2n) is 3.40. The van der Waals surface area contributed by atoms with Crippen molar-refractivity contribution >= 4 is 0 Å². The first kappa shape index (κ1) is 12.5. The largest absolute Gasteiger partial charge is 0.228 e. The maximum absolute atomic E-state index is 8.68. The minimum atomic E-state index is -1.41. The molecule has 0 spiro atoms. The van der Waals surface area contributed by atoms with Crippen molar-refractivity contribution in [2.75, 3.05) is 0 Å². The van der Waals surface area contributed by atoms with Crippen molar-refractivity contribution in [1.82, 2.24) is 0 Å². The Bertz CT molecular complexity index is 238. The van der Waals surface area contributed by atoms with E-state index in [0.717, 1.165) is 19.3 Å². The molecule has 0 aliphatic rings. The zero-order valence-corrected chi connectivity index (χ0v) is 8.58. The van der Waals surface area contributed by atoms with Crippen LogP contribution in [0.25, 0.3) is 0 Å². The highest BCUT2D eigenvalue weighted by molar-refractivity contribution is 5.25. The van der Waals surface area contributed by atoms with E-state index >= 15 is 0 Å². The fourth-order valence-corrected chi connectivity index (χ4v) is 1.24. The van der Waals surface area contributed by atoms with Gasteiger partial charge in [0.1, 0.15) is 18.2 Å². The molecule has 0 saturated carbocycles. The molecule has 0 aliphatic heterocycles. The van der Waals surface area contributed by atoms with Crippen LogP contribution in [-0.2, 0) is 0 Å². The average molecular weight is 189 g/mol. The summed E-state index contributed by atoms with van der Waals surface area (Å²) in [5, 5.41) is 26.1. The normalized spacial score (nSPS) is 9.86. The Balaban J connectivity index is 3.83. The van der Waals surface area contributed by atoms with Crippen molar-refractivity contribution in [2.24, 2.45) is 5.41 Å². The molecule has 0 fully saturated rings. The molecule has 0 aliphatic carbocycles. The Morgan fingerprint density at radius 2 is 1.36 bits per heavy atom. The maximum atomic E-state index is 8.68. The van der Waals surface area contributed by atoms with Gasteiger partial charge in [-0.2, -0.15) is 15.8 Å². The van der Waals surface area contributed by atoms with E-state index in [-0.39, 0.29) is 0 Å². The third kappa shape index (κ3) is 3.92. The van der Waals surface area contributed by atoms with Crippen molar-refractivity contribution in [3.8, 4) is 18.2 Å². The molecule has 3 nitrogen and oxygen atoms in total. The summed E-state index contributed by atoms with van der Waals surface area (Å²) in [6.45, 7) is 2.13. The predicted octanol–water partition coefficient (Wildman–Crippen LogP) is 2.90. The van der Waals surface area contributed by atoms with Gasteiger partial charge in [-0.15, -0.1) is 0 Å². The average Bonchev–Trinajstić information content (AvgIpc) is 2.24. The van der Waals surface area contributed by atoms with E-state index in [2.05, 4.69) is 6.92 Å². The minimum absolute atomic E-state index is 0.375. The van der Waals surface area contributed by atoms with Crippen LogP contribution in [-0.4, -0.2) is 0 Å². The van der Waals surface area contributed by atoms with Gasteiger partial charge in [-0.05, 0) is 12.8 Å². The van der Waals surface area contributed by atoms with Gasteiger partial charge in [0, 0.05) is 0 Å². The number of nitrogens with zero attached hydrogens (tertiary/aromatic N) is 3. The molecule has 0 rings (SSSR count). The van der Waals surface area contributed by atoms with Gasteiger partial charge in [0.25, 0.3) is 0 Å². The first-order chi connectivity index (χ1) is 6.74. The van der Waals surface area contributed by atoms with E-state index < -0.39 is 5.41 Å². The van der Waals surface area contributed by atoms with Gasteiger partial charge in [-0.1, -0.05) is 32.6 Å². The van der Waals surface area contributed by atoms with Gasteiger partial charge in [0.05, 0.1) is 0 Å². The molecule has 0 aromatic heterocycles. The molecule has 74 valence electrons. The lowest BCUT2D eigenvalue weighted by Crippen LogP contribution is -2.12. The maximum Gasteiger partial charge on any atom is 0.228 e. The van der Waals surface area contributed by atoms with Crippen LogP contribution in [0, 0.1) is 39.4 Å². The molecular weight excluding hydrogens is 174 g/mol. The Morgan fingerprint density at radius 1 is 0.857 bits per heavy atom. The molecule has 0 N–H and O–H groups in total.